The molecule has 5 N–H and O–H groups in total. The van der Waals surface area contributed by atoms with Crippen molar-refractivity contribution in [2.24, 2.45) is 0 Å². The summed E-state index contributed by atoms with van der Waals surface area (Å²) in [5, 5.41) is 20.9. The monoisotopic (exact) mass is 864 g/mol. The number of nitrogens with one attached hydrogen (secondary N) is 4. The van der Waals surface area contributed by atoms with E-state index in [0.717, 1.165) is 0 Å². The first-order valence-corrected chi connectivity index (χ1v) is 19.8. The number of fused-ring (bicyclic) bond motifs is 1. The Kier molecular flexibility index (Phi) is 12.3. The van der Waals surface area contributed by atoms with E-state index in [9.17, 15) is 33.9 Å². The van der Waals surface area contributed by atoms with Crippen molar-refractivity contribution in [3.8, 4) is 11.3 Å². The highest BCUT2D eigenvalue weighted by molar-refractivity contribution is 9.10. The fourth-order valence-corrected chi connectivity index (χ4v) is 8.21. The van der Waals surface area contributed by atoms with Crippen LogP contribution < -0.4 is 21.3 Å². The summed E-state index contributed by atoms with van der Waals surface area (Å²) in [5.41, 5.74) is 3.29. The van der Waals surface area contributed by atoms with Gasteiger partial charge in [0.15, 0.2) is 0 Å². The highest BCUT2D eigenvalue weighted by Gasteiger charge is 2.40. The molecule has 15 nitrogen and oxygen atoms in total. The van der Waals surface area contributed by atoms with Crippen LogP contribution in [0.5, 0.6) is 0 Å². The van der Waals surface area contributed by atoms with Crippen molar-refractivity contribution in [3.63, 3.8) is 0 Å². The minimum atomic E-state index is -1.34. The van der Waals surface area contributed by atoms with Gasteiger partial charge in [0, 0.05) is 35.4 Å². The number of carbonyl (C=O) groups is 6. The molecule has 5 aromatic rings. The van der Waals surface area contributed by atoms with Crippen molar-refractivity contribution in [2.45, 2.75) is 49.9 Å². The second-order valence-electron chi connectivity index (χ2n) is 14.2. The van der Waals surface area contributed by atoms with Crippen LogP contribution in [0.15, 0.2) is 112 Å². The van der Waals surface area contributed by atoms with E-state index in [4.69, 9.17) is 9.15 Å². The Hall–Kier alpha value is -6.68. The van der Waals surface area contributed by atoms with E-state index in [-0.39, 0.29) is 11.8 Å². The fraction of sp³-hybridized carbons (Fsp3) is 0.256. The summed E-state index contributed by atoms with van der Waals surface area (Å²) in [6.07, 6.45) is -0.0247. The molecule has 304 valence electrons. The molecule has 6 amide bonds. The lowest BCUT2D eigenvalue weighted by molar-refractivity contribution is -0.138. The number of hydrogen-bond acceptors (Lipinski definition) is 8. The number of ether oxygens (including phenoxy) is 1. The third-order valence-corrected chi connectivity index (χ3v) is 11.2. The molecule has 4 aromatic carbocycles. The van der Waals surface area contributed by atoms with Gasteiger partial charge in [-0.1, -0.05) is 60.7 Å². The number of anilines is 2. The Morgan fingerprint density at radius 2 is 1.22 bits per heavy atom. The summed E-state index contributed by atoms with van der Waals surface area (Å²) in [5.74, 6) is -1.15. The molecule has 0 spiro atoms. The maximum Gasteiger partial charge on any atom is 0.407 e. The largest absolute Gasteiger partial charge is 0.465 e. The van der Waals surface area contributed by atoms with Gasteiger partial charge < -0.3 is 45.3 Å². The Morgan fingerprint density at radius 3 is 1.75 bits per heavy atom. The molecule has 0 aliphatic carbocycles. The van der Waals surface area contributed by atoms with Crippen LogP contribution in [0.25, 0.3) is 22.3 Å². The highest BCUT2D eigenvalue weighted by Crippen LogP contribution is 2.39. The van der Waals surface area contributed by atoms with Gasteiger partial charge in [-0.15, -0.1) is 0 Å². The lowest BCUT2D eigenvalue weighted by atomic mass is 10.0. The maximum absolute atomic E-state index is 13.8. The number of methoxy groups -OCH3 is 1. The molecule has 3 heterocycles. The van der Waals surface area contributed by atoms with Crippen LogP contribution in [0.3, 0.4) is 0 Å². The lowest BCUT2D eigenvalue weighted by Crippen LogP contribution is -2.48. The van der Waals surface area contributed by atoms with E-state index in [1.165, 1.54) is 16.9 Å². The second-order valence-corrected chi connectivity index (χ2v) is 15.0. The van der Waals surface area contributed by atoms with E-state index >= 15 is 0 Å². The van der Waals surface area contributed by atoms with Crippen molar-refractivity contribution in [3.05, 3.63) is 119 Å². The number of nitrogens with zero attached hydrogens (tertiary/aromatic N) is 2. The molecule has 2 aliphatic rings. The molecule has 0 unspecified atom stereocenters. The lowest BCUT2D eigenvalue weighted by Gasteiger charge is -2.28. The SMILES string of the molecule is COC(=O)N[C@@H](C(=O)N1CCC[C@H]1C(=O)Nc1ccc2oc(-c3ccc(NC(=O)[C@@H]4CCCN4C(=O)[C@H](NC(=O)O)c4ccccc4)cc3)c(Br)c2c1)c1ccccc1. The Morgan fingerprint density at radius 1 is 0.712 bits per heavy atom. The van der Waals surface area contributed by atoms with E-state index in [0.29, 0.717) is 88.0 Å². The molecule has 16 heteroatoms. The molecular weight excluding hydrogens is 824 g/mol. The molecule has 0 radical (unpaired) electrons. The Balaban J connectivity index is 1.01. The second kappa shape index (κ2) is 17.9. The van der Waals surface area contributed by atoms with Gasteiger partial charge in [0.2, 0.25) is 11.8 Å². The number of furan rings is 1. The van der Waals surface area contributed by atoms with Gasteiger partial charge >= 0.3 is 12.2 Å². The van der Waals surface area contributed by atoms with Gasteiger partial charge in [0.25, 0.3) is 11.8 Å². The zero-order valence-corrected chi connectivity index (χ0v) is 33.4. The quantitative estimate of drug-likeness (QED) is 0.0945. The zero-order valence-electron chi connectivity index (χ0n) is 31.9. The number of alkyl carbamates (subject to hydrolysis) is 1. The van der Waals surface area contributed by atoms with Gasteiger partial charge in [-0.25, -0.2) is 9.59 Å². The third-order valence-electron chi connectivity index (χ3n) is 10.5. The summed E-state index contributed by atoms with van der Waals surface area (Å²) >= 11 is 3.66. The smallest absolute Gasteiger partial charge is 0.407 e. The maximum atomic E-state index is 13.8. The average Bonchev–Trinajstić information content (AvgIpc) is 4.02. The number of amides is 6. The molecule has 4 atom stereocenters. The van der Waals surface area contributed by atoms with E-state index in [2.05, 4.69) is 37.2 Å². The van der Waals surface area contributed by atoms with Crippen LogP contribution in [0.1, 0.15) is 48.9 Å². The highest BCUT2D eigenvalue weighted by atomic mass is 79.9. The fourth-order valence-electron chi connectivity index (χ4n) is 7.59. The van der Waals surface area contributed by atoms with E-state index in [1.54, 1.807) is 103 Å². The molecule has 59 heavy (non-hydrogen) atoms. The van der Waals surface area contributed by atoms with Crippen molar-refractivity contribution >= 4 is 74.1 Å². The molecule has 0 saturated carbocycles. The molecule has 2 saturated heterocycles. The standard InChI is InChI=1S/C43H41BrN6O9/c1-58-43(57)48-36(26-12-6-3-7-13-26)41(54)50-23-9-15-32(50)39(52)46-29-20-21-33-30(24-29)34(44)37(59-33)27-16-18-28(19-17-27)45-38(51)31-14-8-22-49(31)40(53)35(47-42(55)56)25-10-4-2-5-11-25/h2-7,10-13,16-21,24,31-32,35-36,47H,8-9,14-15,22-23H2,1H3,(H,45,51)(H,46,52)(H,48,57)(H,55,56)/t31-,32-,35+,36+/m0/s1. The van der Waals surface area contributed by atoms with Crippen LogP contribution in [0, 0.1) is 0 Å². The molecule has 2 fully saturated rings. The van der Waals surface area contributed by atoms with Gasteiger partial charge in [-0.3, -0.25) is 19.2 Å². The number of benzene rings is 4. The average molecular weight is 866 g/mol. The van der Waals surface area contributed by atoms with Crippen LogP contribution >= 0.6 is 15.9 Å². The molecular formula is C43H41BrN6O9. The first-order valence-electron chi connectivity index (χ1n) is 19.0. The molecule has 2 aliphatic heterocycles. The minimum Gasteiger partial charge on any atom is -0.465 e. The van der Waals surface area contributed by atoms with E-state index < -0.39 is 48.2 Å². The predicted octanol–water partition coefficient (Wildman–Crippen LogP) is 6.83. The first kappa shape index (κ1) is 40.5. The topological polar surface area (TPSA) is 200 Å². The molecule has 0 bridgehead atoms. The number of likely N-dealkylation sites (tertiary alicyclic amines) is 2. The molecule has 1 aromatic heterocycles. The summed E-state index contributed by atoms with van der Waals surface area (Å²) in [6.45, 7) is 0.664. The Labute approximate surface area is 347 Å². The van der Waals surface area contributed by atoms with E-state index in [1.807, 2.05) is 0 Å². The summed E-state index contributed by atoms with van der Waals surface area (Å²) in [6, 6.07) is 25.8. The van der Waals surface area contributed by atoms with Crippen molar-refractivity contribution in [1.29, 1.82) is 0 Å². The van der Waals surface area contributed by atoms with Gasteiger partial charge in [-0.05, 0) is 95.2 Å². The molecule has 7 rings (SSSR count). The van der Waals surface area contributed by atoms with Crippen LogP contribution in [-0.4, -0.2) is 83.0 Å². The Bertz CT molecular complexity index is 2370. The minimum absolute atomic E-state index is 0.316. The number of rotatable bonds is 11. The summed E-state index contributed by atoms with van der Waals surface area (Å²) < 4.78 is 11.6. The normalized spacial score (nSPS) is 17.2. The van der Waals surface area contributed by atoms with Crippen LogP contribution in [0.4, 0.5) is 21.0 Å². The number of halogens is 1. The summed E-state index contributed by atoms with van der Waals surface area (Å²) in [4.78, 5) is 81.2. The van der Waals surface area contributed by atoms with Crippen LogP contribution in [-0.2, 0) is 23.9 Å². The number of carboxylic acid groups (broad SMARTS) is 1. The van der Waals surface area contributed by atoms with Crippen molar-refractivity contribution in [2.75, 3.05) is 30.8 Å². The summed E-state index contributed by atoms with van der Waals surface area (Å²) in [7, 11) is 1.22. The van der Waals surface area contributed by atoms with Crippen LogP contribution in [0.2, 0.25) is 0 Å². The van der Waals surface area contributed by atoms with Gasteiger partial charge in [-0.2, -0.15) is 0 Å². The third kappa shape index (κ3) is 8.92. The van der Waals surface area contributed by atoms with Crippen molar-refractivity contribution in [1.82, 2.24) is 20.4 Å². The van der Waals surface area contributed by atoms with Crippen molar-refractivity contribution < 1.29 is 43.0 Å². The number of carbonyl (C=O) groups excluding carboxylic acids is 5. The first-order chi connectivity index (χ1) is 28.5. The predicted molar refractivity (Wildman–Crippen MR) is 221 cm³/mol. The van der Waals surface area contributed by atoms with Gasteiger partial charge in [0.1, 0.15) is 35.5 Å². The number of hydrogen-bond donors (Lipinski definition) is 5. The van der Waals surface area contributed by atoms with Gasteiger partial charge in [0.05, 0.1) is 11.6 Å². The zero-order chi connectivity index (χ0) is 41.6.